The summed E-state index contributed by atoms with van der Waals surface area (Å²) in [6.45, 7) is 2.57. The largest absolute Gasteiger partial charge is 0.486 e. The van der Waals surface area contributed by atoms with Crippen molar-refractivity contribution in [3.63, 3.8) is 0 Å². The van der Waals surface area contributed by atoms with Crippen LogP contribution in [0.1, 0.15) is 10.4 Å². The second kappa shape index (κ2) is 7.44. The average molecular weight is 419 g/mol. The lowest BCUT2D eigenvalue weighted by Crippen LogP contribution is -2.30. The molecule has 1 aliphatic heterocycles. The van der Waals surface area contributed by atoms with Gasteiger partial charge in [-0.05, 0) is 54.3 Å². The molecule has 0 radical (unpaired) electrons. The third-order valence-corrected chi connectivity index (χ3v) is 7.04. The Labute approximate surface area is 167 Å². The number of aryl methyl sites for hydroxylation is 1. The van der Waals surface area contributed by atoms with Gasteiger partial charge in [0.15, 0.2) is 11.5 Å². The Morgan fingerprint density at radius 3 is 2.57 bits per heavy atom. The third-order valence-electron chi connectivity index (χ3n) is 4.41. The summed E-state index contributed by atoms with van der Waals surface area (Å²) in [6.07, 6.45) is 0. The monoisotopic (exact) mass is 419 g/mol. The lowest BCUT2D eigenvalue weighted by molar-refractivity contribution is 0.171. The van der Waals surface area contributed by atoms with E-state index in [1.165, 1.54) is 33.8 Å². The molecule has 3 aromatic rings. The van der Waals surface area contributed by atoms with Crippen molar-refractivity contribution < 1.29 is 22.3 Å². The van der Waals surface area contributed by atoms with Gasteiger partial charge >= 0.3 is 0 Å². The normalized spacial score (nSPS) is 13.4. The van der Waals surface area contributed by atoms with Crippen LogP contribution in [-0.2, 0) is 16.6 Å². The molecule has 5 nitrogen and oxygen atoms in total. The highest BCUT2D eigenvalue weighted by Gasteiger charge is 2.27. The summed E-state index contributed by atoms with van der Waals surface area (Å²) in [5.74, 6) is 0.648. The zero-order valence-electron chi connectivity index (χ0n) is 15.1. The SMILES string of the molecule is Cc1cc(S(=O)(=O)N(Cc2cccs2)c2ccc3c(c2)OCCO3)ccc1F. The maximum atomic E-state index is 13.7. The molecule has 1 aromatic heterocycles. The van der Waals surface area contributed by atoms with Crippen LogP contribution in [-0.4, -0.2) is 21.6 Å². The number of nitrogens with zero attached hydrogens (tertiary/aromatic N) is 1. The molecule has 0 unspecified atom stereocenters. The number of rotatable bonds is 5. The molecule has 2 heterocycles. The van der Waals surface area contributed by atoms with Crippen molar-refractivity contribution in [3.05, 3.63) is 70.2 Å². The Hall–Kier alpha value is -2.58. The van der Waals surface area contributed by atoms with Gasteiger partial charge in [-0.15, -0.1) is 11.3 Å². The van der Waals surface area contributed by atoms with Crippen molar-refractivity contribution in [2.45, 2.75) is 18.4 Å². The first-order valence-corrected chi connectivity index (χ1v) is 11.0. The fraction of sp³-hybridized carbons (Fsp3) is 0.200. The Morgan fingerprint density at radius 2 is 1.86 bits per heavy atom. The van der Waals surface area contributed by atoms with E-state index < -0.39 is 15.8 Å². The molecule has 0 atom stereocenters. The zero-order valence-corrected chi connectivity index (χ0v) is 16.7. The Morgan fingerprint density at radius 1 is 1.07 bits per heavy atom. The summed E-state index contributed by atoms with van der Waals surface area (Å²) < 4.78 is 53.0. The zero-order chi connectivity index (χ0) is 19.7. The molecule has 2 aromatic carbocycles. The Bertz CT molecular complexity index is 1100. The van der Waals surface area contributed by atoms with E-state index in [0.29, 0.717) is 30.4 Å². The Balaban J connectivity index is 1.80. The van der Waals surface area contributed by atoms with Gasteiger partial charge in [0.2, 0.25) is 0 Å². The molecule has 0 bridgehead atoms. The van der Waals surface area contributed by atoms with E-state index in [4.69, 9.17) is 9.47 Å². The van der Waals surface area contributed by atoms with Crippen LogP contribution in [0, 0.1) is 12.7 Å². The number of thiophene rings is 1. The molecule has 28 heavy (non-hydrogen) atoms. The maximum absolute atomic E-state index is 13.7. The summed E-state index contributed by atoms with van der Waals surface area (Å²) in [6, 6.07) is 12.6. The van der Waals surface area contributed by atoms with Crippen molar-refractivity contribution in [1.29, 1.82) is 0 Å². The first-order chi connectivity index (χ1) is 13.4. The van der Waals surface area contributed by atoms with Gasteiger partial charge in [0.05, 0.1) is 17.1 Å². The highest BCUT2D eigenvalue weighted by Crippen LogP contribution is 2.36. The molecule has 0 N–H and O–H groups in total. The lowest BCUT2D eigenvalue weighted by Gasteiger charge is -2.26. The maximum Gasteiger partial charge on any atom is 0.264 e. The van der Waals surface area contributed by atoms with Crippen molar-refractivity contribution in [2.75, 3.05) is 17.5 Å². The van der Waals surface area contributed by atoms with Crippen LogP contribution in [0.4, 0.5) is 10.1 Å². The molecule has 0 amide bonds. The molecule has 0 saturated heterocycles. The topological polar surface area (TPSA) is 55.8 Å². The smallest absolute Gasteiger partial charge is 0.264 e. The summed E-state index contributed by atoms with van der Waals surface area (Å²) >= 11 is 1.47. The highest BCUT2D eigenvalue weighted by atomic mass is 32.2. The van der Waals surface area contributed by atoms with Crippen LogP contribution in [0.5, 0.6) is 11.5 Å². The number of ether oxygens (including phenoxy) is 2. The fourth-order valence-electron chi connectivity index (χ4n) is 2.95. The summed E-state index contributed by atoms with van der Waals surface area (Å²) in [5, 5.41) is 1.89. The number of sulfonamides is 1. The van der Waals surface area contributed by atoms with Crippen LogP contribution in [0.2, 0.25) is 0 Å². The number of fused-ring (bicyclic) bond motifs is 1. The molecule has 1 aliphatic rings. The summed E-state index contributed by atoms with van der Waals surface area (Å²) in [4.78, 5) is 0.926. The van der Waals surface area contributed by atoms with Crippen molar-refractivity contribution in [2.24, 2.45) is 0 Å². The average Bonchev–Trinajstić information content (AvgIpc) is 3.21. The van der Waals surface area contributed by atoms with E-state index in [1.54, 1.807) is 25.1 Å². The van der Waals surface area contributed by atoms with Crippen LogP contribution in [0.3, 0.4) is 0 Å². The number of hydrogen-bond acceptors (Lipinski definition) is 5. The Kier molecular flexibility index (Phi) is 4.99. The van der Waals surface area contributed by atoms with E-state index in [1.807, 2.05) is 17.5 Å². The predicted octanol–water partition coefficient (Wildman–Crippen LogP) is 4.36. The highest BCUT2D eigenvalue weighted by molar-refractivity contribution is 7.92. The minimum atomic E-state index is -3.92. The quantitative estimate of drug-likeness (QED) is 0.617. The minimum Gasteiger partial charge on any atom is -0.486 e. The number of anilines is 1. The first-order valence-electron chi connectivity index (χ1n) is 8.66. The first kappa shape index (κ1) is 18.8. The van der Waals surface area contributed by atoms with Crippen LogP contribution < -0.4 is 13.8 Å². The van der Waals surface area contributed by atoms with E-state index in [9.17, 15) is 12.8 Å². The fourth-order valence-corrected chi connectivity index (χ4v) is 5.25. The number of halogens is 1. The van der Waals surface area contributed by atoms with Gasteiger partial charge in [0.1, 0.15) is 19.0 Å². The second-order valence-corrected chi connectivity index (χ2v) is 9.22. The number of hydrogen-bond donors (Lipinski definition) is 0. The van der Waals surface area contributed by atoms with Gasteiger partial charge < -0.3 is 9.47 Å². The molecule has 146 valence electrons. The van der Waals surface area contributed by atoms with Crippen molar-refractivity contribution in [3.8, 4) is 11.5 Å². The molecule has 0 fully saturated rings. The minimum absolute atomic E-state index is 0.0397. The van der Waals surface area contributed by atoms with Crippen molar-refractivity contribution >= 4 is 27.0 Å². The van der Waals surface area contributed by atoms with Gasteiger partial charge in [-0.1, -0.05) is 6.07 Å². The van der Waals surface area contributed by atoms with Gasteiger partial charge in [-0.25, -0.2) is 12.8 Å². The van der Waals surface area contributed by atoms with Gasteiger partial charge in [-0.3, -0.25) is 4.31 Å². The van der Waals surface area contributed by atoms with Crippen molar-refractivity contribution in [1.82, 2.24) is 0 Å². The molecular formula is C20H18FNO4S2. The molecule has 4 rings (SSSR count). The van der Waals surface area contributed by atoms with E-state index in [-0.39, 0.29) is 17.0 Å². The number of benzene rings is 2. The van der Waals surface area contributed by atoms with Gasteiger partial charge in [0.25, 0.3) is 10.0 Å². The lowest BCUT2D eigenvalue weighted by atomic mass is 10.2. The summed E-state index contributed by atoms with van der Waals surface area (Å²) in [7, 11) is -3.92. The van der Waals surface area contributed by atoms with Crippen LogP contribution in [0.25, 0.3) is 0 Å². The predicted molar refractivity (Wildman–Crippen MR) is 106 cm³/mol. The molecular weight excluding hydrogens is 401 g/mol. The van der Waals surface area contributed by atoms with E-state index >= 15 is 0 Å². The molecule has 8 heteroatoms. The molecule has 0 aliphatic carbocycles. The molecule has 0 saturated carbocycles. The standard InChI is InChI=1S/C20H18FNO4S2/c1-14-11-17(5-6-18(14)21)28(23,24)22(13-16-3-2-10-27-16)15-4-7-19-20(12-15)26-9-8-25-19/h2-7,10-12H,8-9,13H2,1H3. The second-order valence-electron chi connectivity index (χ2n) is 6.33. The van der Waals surface area contributed by atoms with Crippen LogP contribution >= 0.6 is 11.3 Å². The summed E-state index contributed by atoms with van der Waals surface area (Å²) in [5.41, 5.74) is 0.735. The van der Waals surface area contributed by atoms with Gasteiger partial charge in [0, 0.05) is 10.9 Å². The van der Waals surface area contributed by atoms with Crippen LogP contribution in [0.15, 0.2) is 58.8 Å². The third kappa shape index (κ3) is 3.57. The van der Waals surface area contributed by atoms with E-state index in [2.05, 4.69) is 0 Å². The van der Waals surface area contributed by atoms with E-state index in [0.717, 1.165) is 4.88 Å². The van der Waals surface area contributed by atoms with Gasteiger partial charge in [-0.2, -0.15) is 0 Å². The molecule has 0 spiro atoms.